The van der Waals surface area contributed by atoms with Gasteiger partial charge in [-0.3, -0.25) is 4.57 Å². The zero-order valence-corrected chi connectivity index (χ0v) is 15.4. The van der Waals surface area contributed by atoms with Gasteiger partial charge in [0.15, 0.2) is 11.0 Å². The number of nitrogens with zero attached hydrogens (tertiary/aromatic N) is 6. The Kier molecular flexibility index (Phi) is 4.99. The zero-order chi connectivity index (χ0) is 17.1. The van der Waals surface area contributed by atoms with E-state index in [-0.39, 0.29) is 0 Å². The predicted octanol–water partition coefficient (Wildman–Crippen LogP) is 2.54. The third-order valence-electron chi connectivity index (χ3n) is 3.84. The highest BCUT2D eigenvalue weighted by Crippen LogP contribution is 2.27. The lowest BCUT2D eigenvalue weighted by atomic mass is 10.4. The fourth-order valence-corrected chi connectivity index (χ4v) is 4.09. The number of rotatable bonds is 6. The summed E-state index contributed by atoms with van der Waals surface area (Å²) in [5.74, 6) is 2.72. The van der Waals surface area contributed by atoms with E-state index >= 15 is 0 Å². The van der Waals surface area contributed by atoms with Crippen molar-refractivity contribution >= 4 is 29.0 Å². The summed E-state index contributed by atoms with van der Waals surface area (Å²) in [6.07, 6.45) is 0. The Morgan fingerprint density at radius 2 is 2.16 bits per heavy atom. The van der Waals surface area contributed by atoms with Crippen molar-refractivity contribution in [2.24, 2.45) is 0 Å². The minimum atomic E-state index is 0.566. The molecule has 4 heterocycles. The number of thioether (sulfide) groups is 1. The van der Waals surface area contributed by atoms with Crippen LogP contribution in [0.2, 0.25) is 0 Å². The van der Waals surface area contributed by atoms with Gasteiger partial charge in [-0.25, -0.2) is 0 Å². The second kappa shape index (κ2) is 7.54. The molecule has 0 bridgehead atoms. The van der Waals surface area contributed by atoms with Gasteiger partial charge in [-0.1, -0.05) is 23.0 Å². The van der Waals surface area contributed by atoms with E-state index in [1.807, 2.05) is 17.5 Å². The molecule has 0 atom stereocenters. The van der Waals surface area contributed by atoms with Gasteiger partial charge in [-0.15, -0.1) is 21.5 Å². The maximum absolute atomic E-state index is 5.41. The fourth-order valence-electron chi connectivity index (χ4n) is 2.60. The van der Waals surface area contributed by atoms with E-state index in [0.29, 0.717) is 17.5 Å². The lowest BCUT2D eigenvalue weighted by Crippen LogP contribution is -2.38. The van der Waals surface area contributed by atoms with E-state index in [0.717, 1.165) is 48.8 Å². The standard InChI is InChI=1S/C15H18N6O2S2/c1-2-21-14(20-5-7-22-8-6-20)17-18-15(21)25-10-12-16-13(23-19-12)11-4-3-9-24-11/h3-4,9H,2,5-8,10H2,1H3. The van der Waals surface area contributed by atoms with Crippen molar-refractivity contribution < 1.29 is 9.26 Å². The summed E-state index contributed by atoms with van der Waals surface area (Å²) >= 11 is 3.15. The summed E-state index contributed by atoms with van der Waals surface area (Å²) in [6, 6.07) is 3.94. The molecular formula is C15H18N6O2S2. The Hall–Kier alpha value is -1.91. The molecule has 0 radical (unpaired) electrons. The Bertz CT molecular complexity index is 810. The van der Waals surface area contributed by atoms with Crippen molar-refractivity contribution in [3.05, 3.63) is 23.3 Å². The van der Waals surface area contributed by atoms with Crippen LogP contribution in [0.5, 0.6) is 0 Å². The van der Waals surface area contributed by atoms with Crippen LogP contribution in [0.4, 0.5) is 5.95 Å². The van der Waals surface area contributed by atoms with Crippen LogP contribution in [0.25, 0.3) is 10.8 Å². The first-order valence-electron chi connectivity index (χ1n) is 8.10. The Morgan fingerprint density at radius 3 is 2.92 bits per heavy atom. The van der Waals surface area contributed by atoms with Crippen LogP contribution in [0.3, 0.4) is 0 Å². The second-order valence-corrected chi connectivity index (χ2v) is 7.30. The smallest absolute Gasteiger partial charge is 0.268 e. The number of thiophene rings is 1. The minimum Gasteiger partial charge on any atom is -0.378 e. The first-order valence-corrected chi connectivity index (χ1v) is 9.97. The second-order valence-electron chi connectivity index (χ2n) is 5.41. The number of ether oxygens (including phenoxy) is 1. The lowest BCUT2D eigenvalue weighted by molar-refractivity contribution is 0.121. The normalized spacial score (nSPS) is 15.0. The van der Waals surface area contributed by atoms with Crippen molar-refractivity contribution in [2.75, 3.05) is 31.2 Å². The van der Waals surface area contributed by atoms with Gasteiger partial charge in [0.25, 0.3) is 5.89 Å². The summed E-state index contributed by atoms with van der Waals surface area (Å²) in [5, 5.41) is 15.6. The van der Waals surface area contributed by atoms with Crippen molar-refractivity contribution in [1.29, 1.82) is 0 Å². The molecule has 0 aromatic carbocycles. The summed E-state index contributed by atoms with van der Waals surface area (Å²) in [7, 11) is 0. The Labute approximate surface area is 153 Å². The minimum absolute atomic E-state index is 0.566. The molecule has 25 heavy (non-hydrogen) atoms. The molecule has 1 fully saturated rings. The Morgan fingerprint density at radius 1 is 1.28 bits per heavy atom. The number of aromatic nitrogens is 5. The number of hydrogen-bond donors (Lipinski definition) is 0. The van der Waals surface area contributed by atoms with Crippen molar-refractivity contribution in [3.63, 3.8) is 0 Å². The van der Waals surface area contributed by atoms with Crippen LogP contribution in [0, 0.1) is 0 Å². The van der Waals surface area contributed by atoms with Gasteiger partial charge < -0.3 is 14.2 Å². The molecule has 3 aromatic heterocycles. The lowest BCUT2D eigenvalue weighted by Gasteiger charge is -2.27. The van der Waals surface area contributed by atoms with Crippen LogP contribution >= 0.6 is 23.1 Å². The van der Waals surface area contributed by atoms with Gasteiger partial charge in [-0.2, -0.15) is 4.98 Å². The molecule has 4 rings (SSSR count). The largest absolute Gasteiger partial charge is 0.378 e. The number of morpholine rings is 1. The highest BCUT2D eigenvalue weighted by Gasteiger charge is 2.20. The molecule has 0 aliphatic carbocycles. The molecule has 8 nitrogen and oxygen atoms in total. The van der Waals surface area contributed by atoms with Crippen LogP contribution in [0.1, 0.15) is 12.7 Å². The molecule has 0 amide bonds. The molecule has 1 saturated heterocycles. The average Bonchev–Trinajstić information content (AvgIpc) is 3.39. The van der Waals surface area contributed by atoms with Gasteiger partial charge in [0.2, 0.25) is 5.95 Å². The van der Waals surface area contributed by atoms with E-state index in [4.69, 9.17) is 9.26 Å². The quantitative estimate of drug-likeness (QED) is 0.605. The summed E-state index contributed by atoms with van der Waals surface area (Å²) in [4.78, 5) is 7.64. The fraction of sp³-hybridized carbons (Fsp3) is 0.467. The molecular weight excluding hydrogens is 360 g/mol. The van der Waals surface area contributed by atoms with Crippen LogP contribution in [0.15, 0.2) is 27.2 Å². The molecule has 0 N–H and O–H groups in total. The van der Waals surface area contributed by atoms with Gasteiger partial charge in [-0.05, 0) is 18.4 Å². The first-order chi connectivity index (χ1) is 12.3. The average molecular weight is 378 g/mol. The van der Waals surface area contributed by atoms with E-state index in [1.54, 1.807) is 23.1 Å². The molecule has 0 unspecified atom stereocenters. The van der Waals surface area contributed by atoms with Crippen LogP contribution in [-0.2, 0) is 17.0 Å². The molecule has 3 aromatic rings. The van der Waals surface area contributed by atoms with Gasteiger partial charge in [0, 0.05) is 19.6 Å². The highest BCUT2D eigenvalue weighted by atomic mass is 32.2. The van der Waals surface area contributed by atoms with E-state index in [1.165, 1.54) is 0 Å². The first kappa shape index (κ1) is 16.6. The van der Waals surface area contributed by atoms with Crippen molar-refractivity contribution in [2.45, 2.75) is 24.4 Å². The number of hydrogen-bond acceptors (Lipinski definition) is 9. The summed E-state index contributed by atoms with van der Waals surface area (Å²) < 4.78 is 12.9. The molecule has 132 valence electrons. The Balaban J connectivity index is 1.45. The predicted molar refractivity (Wildman–Crippen MR) is 95.9 cm³/mol. The molecule has 0 saturated carbocycles. The third kappa shape index (κ3) is 3.55. The summed E-state index contributed by atoms with van der Waals surface area (Å²) in [5.41, 5.74) is 0. The third-order valence-corrected chi connectivity index (χ3v) is 5.66. The highest BCUT2D eigenvalue weighted by molar-refractivity contribution is 7.98. The number of anilines is 1. The zero-order valence-electron chi connectivity index (χ0n) is 13.8. The van der Waals surface area contributed by atoms with Crippen molar-refractivity contribution in [3.8, 4) is 10.8 Å². The van der Waals surface area contributed by atoms with Gasteiger partial charge >= 0.3 is 0 Å². The monoisotopic (exact) mass is 378 g/mol. The SMILES string of the molecule is CCn1c(SCc2noc(-c3cccs3)n2)nnc1N1CCOCC1. The molecule has 1 aliphatic heterocycles. The topological polar surface area (TPSA) is 82.1 Å². The summed E-state index contributed by atoms with van der Waals surface area (Å²) in [6.45, 7) is 6.06. The maximum Gasteiger partial charge on any atom is 0.268 e. The van der Waals surface area contributed by atoms with Crippen LogP contribution in [-0.4, -0.2) is 51.2 Å². The van der Waals surface area contributed by atoms with Gasteiger partial charge in [0.05, 0.1) is 23.8 Å². The molecule has 0 spiro atoms. The van der Waals surface area contributed by atoms with E-state index < -0.39 is 0 Å². The van der Waals surface area contributed by atoms with E-state index in [2.05, 4.69) is 36.7 Å². The van der Waals surface area contributed by atoms with Crippen molar-refractivity contribution in [1.82, 2.24) is 24.9 Å². The molecule has 1 aliphatic rings. The van der Waals surface area contributed by atoms with Crippen LogP contribution < -0.4 is 4.90 Å². The van der Waals surface area contributed by atoms with Gasteiger partial charge in [0.1, 0.15) is 0 Å². The maximum atomic E-state index is 5.41. The van der Waals surface area contributed by atoms with E-state index in [9.17, 15) is 0 Å². The molecule has 10 heteroatoms.